The maximum atomic E-state index is 8.67. The minimum atomic E-state index is -2.61. The Bertz CT molecular complexity index is 35.9. The first-order valence-corrected chi connectivity index (χ1v) is 1.60. The SMILES string of the molecule is O=S(O)O.[Ba+2].[H-].[H-]. The van der Waals surface area contributed by atoms with Crippen molar-refractivity contribution < 1.29 is 16.2 Å². The third-order valence-electron chi connectivity index (χ3n) is 0. The van der Waals surface area contributed by atoms with Crippen LogP contribution in [-0.2, 0) is 11.4 Å². The molecule has 0 aliphatic heterocycles. The van der Waals surface area contributed by atoms with Gasteiger partial charge in [-0.05, 0) is 0 Å². The van der Waals surface area contributed by atoms with Crippen LogP contribution in [0.15, 0.2) is 0 Å². The second kappa shape index (κ2) is 5.64. The molecule has 0 aromatic carbocycles. The van der Waals surface area contributed by atoms with Gasteiger partial charge in [-0.3, -0.25) is 9.11 Å². The summed E-state index contributed by atoms with van der Waals surface area (Å²) in [4.78, 5) is 0. The zero-order chi connectivity index (χ0) is 3.58. The van der Waals surface area contributed by atoms with E-state index in [0.29, 0.717) is 0 Å². The third kappa shape index (κ3) is 27.8. The molecule has 0 rings (SSSR count). The molecular formula is H4BaO3S. The summed E-state index contributed by atoms with van der Waals surface area (Å²) in [6, 6.07) is 0. The Morgan fingerprint density at radius 1 is 1.60 bits per heavy atom. The molecule has 3 nitrogen and oxygen atoms in total. The van der Waals surface area contributed by atoms with Crippen molar-refractivity contribution in [1.29, 1.82) is 0 Å². The molecule has 0 aromatic heterocycles. The van der Waals surface area contributed by atoms with E-state index >= 15 is 0 Å². The molecule has 5 heavy (non-hydrogen) atoms. The molecule has 0 aromatic rings. The van der Waals surface area contributed by atoms with E-state index in [2.05, 4.69) is 0 Å². The van der Waals surface area contributed by atoms with Crippen LogP contribution in [0, 0.1) is 0 Å². The summed E-state index contributed by atoms with van der Waals surface area (Å²) in [7, 11) is 0. The van der Waals surface area contributed by atoms with Crippen LogP contribution in [0.4, 0.5) is 0 Å². The van der Waals surface area contributed by atoms with Gasteiger partial charge in [-0.25, -0.2) is 0 Å². The zero-order valence-electron chi connectivity index (χ0n) is 4.42. The van der Waals surface area contributed by atoms with Gasteiger partial charge in [-0.15, -0.1) is 0 Å². The summed E-state index contributed by atoms with van der Waals surface area (Å²) in [5, 5.41) is 0. The van der Waals surface area contributed by atoms with Crippen LogP contribution in [0.2, 0.25) is 0 Å². The molecular weight excluding hydrogens is 217 g/mol. The van der Waals surface area contributed by atoms with Crippen LogP contribution in [0.3, 0.4) is 0 Å². The maximum Gasteiger partial charge on any atom is 2.00 e. The van der Waals surface area contributed by atoms with Gasteiger partial charge < -0.3 is 2.85 Å². The van der Waals surface area contributed by atoms with Gasteiger partial charge in [-0.1, -0.05) is 0 Å². The van der Waals surface area contributed by atoms with E-state index in [1.165, 1.54) is 0 Å². The molecule has 5 heteroatoms. The molecule has 0 heterocycles. The third-order valence-corrected chi connectivity index (χ3v) is 0. The molecule has 0 bridgehead atoms. The van der Waals surface area contributed by atoms with E-state index in [1.54, 1.807) is 0 Å². The fraction of sp³-hybridized carbons (Fsp3) is 0. The Morgan fingerprint density at radius 2 is 1.60 bits per heavy atom. The summed E-state index contributed by atoms with van der Waals surface area (Å²) in [5.41, 5.74) is 0. The van der Waals surface area contributed by atoms with Crippen LogP contribution in [0.5, 0.6) is 0 Å². The molecule has 0 radical (unpaired) electrons. The van der Waals surface area contributed by atoms with E-state index in [1.807, 2.05) is 0 Å². The molecule has 0 amide bonds. The minimum Gasteiger partial charge on any atom is -1.00 e. The fourth-order valence-corrected chi connectivity index (χ4v) is 0. The van der Waals surface area contributed by atoms with E-state index in [9.17, 15) is 0 Å². The maximum absolute atomic E-state index is 8.67. The number of rotatable bonds is 0. The van der Waals surface area contributed by atoms with Crippen molar-refractivity contribution in [2.24, 2.45) is 0 Å². The quantitative estimate of drug-likeness (QED) is 0.429. The fourth-order valence-electron chi connectivity index (χ4n) is 0. The van der Waals surface area contributed by atoms with Crippen molar-refractivity contribution >= 4 is 60.2 Å². The summed E-state index contributed by atoms with van der Waals surface area (Å²) < 4.78 is 22.8. The van der Waals surface area contributed by atoms with Crippen molar-refractivity contribution in [3.8, 4) is 0 Å². The first-order valence-electron chi connectivity index (χ1n) is 0.532. The van der Waals surface area contributed by atoms with Crippen LogP contribution >= 0.6 is 0 Å². The molecule has 0 aliphatic rings. The average Bonchev–Trinajstić information content (AvgIpc) is 0.811. The second-order valence-corrected chi connectivity index (χ2v) is 0.692. The van der Waals surface area contributed by atoms with Gasteiger partial charge in [0.25, 0.3) is 11.4 Å². The Hall–Kier alpha value is 1.64. The summed E-state index contributed by atoms with van der Waals surface area (Å²) in [6.45, 7) is 0. The summed E-state index contributed by atoms with van der Waals surface area (Å²) >= 11 is -2.61. The first-order chi connectivity index (χ1) is 1.73. The molecule has 2 N–H and O–H groups in total. The largest absolute Gasteiger partial charge is 2.00 e. The van der Waals surface area contributed by atoms with E-state index < -0.39 is 11.4 Å². The molecule has 0 fully saturated rings. The van der Waals surface area contributed by atoms with Gasteiger partial charge in [0.05, 0.1) is 0 Å². The van der Waals surface area contributed by atoms with E-state index in [0.717, 1.165) is 0 Å². The van der Waals surface area contributed by atoms with Gasteiger partial charge in [0.15, 0.2) is 0 Å². The molecule has 0 atom stereocenters. The Balaban J connectivity index is -0.0000000150. The predicted molar refractivity (Wildman–Crippen MR) is 21.4 cm³/mol. The van der Waals surface area contributed by atoms with Gasteiger partial charge in [0.2, 0.25) is 0 Å². The molecule has 0 spiro atoms. The van der Waals surface area contributed by atoms with Crippen molar-refractivity contribution in [2.75, 3.05) is 0 Å². The van der Waals surface area contributed by atoms with Crippen molar-refractivity contribution in [3.05, 3.63) is 0 Å². The zero-order valence-corrected chi connectivity index (χ0v) is 7.68. The predicted octanol–water partition coefficient (Wildman–Crippen LogP) is -0.475. The minimum absolute atomic E-state index is 0. The smallest absolute Gasteiger partial charge is 1.00 e. The van der Waals surface area contributed by atoms with Crippen LogP contribution < -0.4 is 0 Å². The standard InChI is InChI=1S/Ba.H2O3S.2H/c;1-4(2)3;;/h;(H2,1,2,3);;/q+2;;2*-1. The second-order valence-electron chi connectivity index (χ2n) is 0.231. The Morgan fingerprint density at radius 3 is 1.60 bits per heavy atom. The van der Waals surface area contributed by atoms with Gasteiger partial charge in [0.1, 0.15) is 0 Å². The van der Waals surface area contributed by atoms with Crippen molar-refractivity contribution in [2.45, 2.75) is 0 Å². The average molecular weight is 221 g/mol. The summed E-state index contributed by atoms with van der Waals surface area (Å²) in [6.07, 6.45) is 0. The first kappa shape index (κ1) is 9.81. The molecule has 0 aliphatic carbocycles. The Labute approximate surface area is 75.3 Å². The van der Waals surface area contributed by atoms with Crippen LogP contribution in [-0.4, -0.2) is 62.2 Å². The number of hydrogen-bond acceptors (Lipinski definition) is 1. The van der Waals surface area contributed by atoms with Crippen molar-refractivity contribution in [1.82, 2.24) is 0 Å². The summed E-state index contributed by atoms with van der Waals surface area (Å²) in [5.74, 6) is 0. The van der Waals surface area contributed by atoms with Gasteiger partial charge in [-0.2, -0.15) is 4.21 Å². The van der Waals surface area contributed by atoms with E-state index in [-0.39, 0.29) is 51.7 Å². The Kier molecular flexibility index (Phi) is 11.1. The molecule has 0 saturated heterocycles. The van der Waals surface area contributed by atoms with Gasteiger partial charge >= 0.3 is 48.9 Å². The molecule has 30 valence electrons. The van der Waals surface area contributed by atoms with E-state index in [4.69, 9.17) is 13.3 Å². The van der Waals surface area contributed by atoms with Crippen LogP contribution in [0.25, 0.3) is 0 Å². The topological polar surface area (TPSA) is 57.5 Å². The molecule has 0 unspecified atom stereocenters. The molecule has 0 saturated carbocycles. The monoisotopic (exact) mass is 222 g/mol. The van der Waals surface area contributed by atoms with Crippen LogP contribution in [0.1, 0.15) is 2.85 Å². The van der Waals surface area contributed by atoms with Crippen molar-refractivity contribution in [3.63, 3.8) is 0 Å². The number of hydrogen-bond donors (Lipinski definition) is 2. The normalized spacial score (nSPS) is 7.00. The van der Waals surface area contributed by atoms with Gasteiger partial charge in [0, 0.05) is 0 Å².